The van der Waals surface area contributed by atoms with Crippen molar-refractivity contribution in [1.29, 1.82) is 0 Å². The largest absolute Gasteiger partial charge is 0.508 e. The van der Waals surface area contributed by atoms with E-state index in [0.29, 0.717) is 21.6 Å². The predicted molar refractivity (Wildman–Crippen MR) is 78.7 cm³/mol. The molecule has 4 nitrogen and oxygen atoms in total. The van der Waals surface area contributed by atoms with E-state index in [1.54, 1.807) is 24.3 Å². The van der Waals surface area contributed by atoms with Crippen molar-refractivity contribution in [3.63, 3.8) is 0 Å². The first kappa shape index (κ1) is 13.3. The summed E-state index contributed by atoms with van der Waals surface area (Å²) in [6, 6.07) is 8.45. The molecule has 2 N–H and O–H groups in total. The monoisotopic (exact) mass is 274 g/mol. The van der Waals surface area contributed by atoms with Crippen molar-refractivity contribution in [1.82, 2.24) is 9.97 Å². The quantitative estimate of drug-likeness (QED) is 0.715. The van der Waals surface area contributed by atoms with Crippen molar-refractivity contribution in [2.75, 3.05) is 0 Å². The SMILES string of the molecule is CC.O=c1[nH]c(-c2cccc(O)c2)nc2ccsc12. The summed E-state index contributed by atoms with van der Waals surface area (Å²) < 4.78 is 0.619. The lowest BCUT2D eigenvalue weighted by Gasteiger charge is -2.01. The minimum Gasteiger partial charge on any atom is -0.508 e. The zero-order chi connectivity index (χ0) is 13.8. The second kappa shape index (κ2) is 5.67. The van der Waals surface area contributed by atoms with Crippen LogP contribution < -0.4 is 5.56 Å². The molecule has 0 bridgehead atoms. The lowest BCUT2D eigenvalue weighted by atomic mass is 10.2. The zero-order valence-corrected chi connectivity index (χ0v) is 11.5. The van der Waals surface area contributed by atoms with Gasteiger partial charge in [0.05, 0.1) is 5.52 Å². The molecule has 0 unspecified atom stereocenters. The number of rotatable bonds is 1. The number of benzene rings is 1. The molecule has 2 heterocycles. The Labute approximate surface area is 114 Å². The molecule has 0 radical (unpaired) electrons. The Hall–Kier alpha value is -2.14. The van der Waals surface area contributed by atoms with Crippen LogP contribution in [0.15, 0.2) is 40.5 Å². The Morgan fingerprint density at radius 1 is 1.26 bits per heavy atom. The van der Waals surface area contributed by atoms with E-state index in [1.807, 2.05) is 25.3 Å². The van der Waals surface area contributed by atoms with Crippen LogP contribution in [0.3, 0.4) is 0 Å². The highest BCUT2D eigenvalue weighted by Gasteiger charge is 2.06. The number of hydrogen-bond acceptors (Lipinski definition) is 4. The Kier molecular flexibility index (Phi) is 3.97. The summed E-state index contributed by atoms with van der Waals surface area (Å²) in [5.41, 5.74) is 1.22. The number of nitrogens with zero attached hydrogens (tertiary/aromatic N) is 1. The molecule has 0 spiro atoms. The van der Waals surface area contributed by atoms with Crippen molar-refractivity contribution < 1.29 is 5.11 Å². The molecule has 0 aliphatic rings. The van der Waals surface area contributed by atoms with Crippen LogP contribution in [0.4, 0.5) is 0 Å². The lowest BCUT2D eigenvalue weighted by Crippen LogP contribution is -2.07. The molecule has 0 fully saturated rings. The molecule has 2 aromatic heterocycles. The number of aromatic hydroxyl groups is 1. The maximum atomic E-state index is 11.8. The summed E-state index contributed by atoms with van der Waals surface area (Å²) in [4.78, 5) is 18.8. The van der Waals surface area contributed by atoms with Gasteiger partial charge in [0.2, 0.25) is 0 Å². The summed E-state index contributed by atoms with van der Waals surface area (Å²) in [6.07, 6.45) is 0. The molecule has 3 aromatic rings. The third-order valence-electron chi connectivity index (χ3n) is 2.43. The van der Waals surface area contributed by atoms with Crippen LogP contribution in [0.5, 0.6) is 5.75 Å². The van der Waals surface area contributed by atoms with Crippen LogP contribution in [-0.2, 0) is 0 Å². The highest BCUT2D eigenvalue weighted by atomic mass is 32.1. The van der Waals surface area contributed by atoms with Crippen LogP contribution in [0.2, 0.25) is 0 Å². The standard InChI is InChI=1S/C12H8N2O2S.C2H6/c15-8-3-1-2-7(6-8)11-13-9-4-5-17-10(9)12(16)14-11;1-2/h1-6,15H,(H,13,14,16);1-2H3. The fourth-order valence-corrected chi connectivity index (χ4v) is 2.39. The molecular formula is C14H14N2O2S. The van der Waals surface area contributed by atoms with Gasteiger partial charge in [-0.1, -0.05) is 26.0 Å². The number of hydrogen-bond donors (Lipinski definition) is 2. The third kappa shape index (κ3) is 2.66. The molecule has 3 rings (SSSR count). The first-order chi connectivity index (χ1) is 9.24. The van der Waals surface area contributed by atoms with Gasteiger partial charge in [0.25, 0.3) is 5.56 Å². The van der Waals surface area contributed by atoms with Gasteiger partial charge in [0.15, 0.2) is 0 Å². The van der Waals surface area contributed by atoms with Crippen LogP contribution in [0.25, 0.3) is 21.6 Å². The second-order valence-corrected chi connectivity index (χ2v) is 4.52. The van der Waals surface area contributed by atoms with E-state index in [9.17, 15) is 9.90 Å². The van der Waals surface area contributed by atoms with Gasteiger partial charge >= 0.3 is 0 Å². The lowest BCUT2D eigenvalue weighted by molar-refractivity contribution is 0.475. The van der Waals surface area contributed by atoms with Gasteiger partial charge in [-0.05, 0) is 23.6 Å². The van der Waals surface area contributed by atoms with Crippen molar-refractivity contribution in [2.24, 2.45) is 0 Å². The number of fused-ring (bicyclic) bond motifs is 1. The average Bonchev–Trinajstić information content (AvgIpc) is 2.90. The number of phenolic OH excluding ortho intramolecular Hbond substituents is 1. The van der Waals surface area contributed by atoms with E-state index in [2.05, 4.69) is 9.97 Å². The van der Waals surface area contributed by atoms with Crippen molar-refractivity contribution in [3.05, 3.63) is 46.1 Å². The number of aromatic amines is 1. The van der Waals surface area contributed by atoms with Gasteiger partial charge < -0.3 is 10.1 Å². The Morgan fingerprint density at radius 2 is 2.05 bits per heavy atom. The average molecular weight is 274 g/mol. The van der Waals surface area contributed by atoms with Gasteiger partial charge in [-0.25, -0.2) is 4.98 Å². The van der Waals surface area contributed by atoms with Crippen molar-refractivity contribution in [3.8, 4) is 17.1 Å². The van der Waals surface area contributed by atoms with E-state index in [1.165, 1.54) is 11.3 Å². The predicted octanol–water partition coefficient (Wildman–Crippen LogP) is 3.38. The Balaban J connectivity index is 0.000000637. The summed E-state index contributed by atoms with van der Waals surface area (Å²) in [5, 5.41) is 11.2. The highest BCUT2D eigenvalue weighted by Crippen LogP contribution is 2.21. The molecule has 0 aliphatic carbocycles. The summed E-state index contributed by atoms with van der Waals surface area (Å²) in [7, 11) is 0. The minimum absolute atomic E-state index is 0.149. The van der Waals surface area contributed by atoms with Crippen LogP contribution in [0.1, 0.15) is 13.8 Å². The second-order valence-electron chi connectivity index (χ2n) is 3.60. The van der Waals surface area contributed by atoms with Crippen molar-refractivity contribution in [2.45, 2.75) is 13.8 Å². The number of aromatic nitrogens is 2. The Bertz CT molecular complexity index is 746. The summed E-state index contributed by atoms with van der Waals surface area (Å²) >= 11 is 1.37. The maximum absolute atomic E-state index is 11.8. The molecule has 0 saturated heterocycles. The molecular weight excluding hydrogens is 260 g/mol. The van der Waals surface area contributed by atoms with E-state index in [-0.39, 0.29) is 11.3 Å². The van der Waals surface area contributed by atoms with Crippen LogP contribution in [0, 0.1) is 0 Å². The minimum atomic E-state index is -0.150. The van der Waals surface area contributed by atoms with Gasteiger partial charge in [-0.2, -0.15) is 0 Å². The fourth-order valence-electron chi connectivity index (χ4n) is 1.66. The summed E-state index contributed by atoms with van der Waals surface area (Å²) in [5.74, 6) is 0.618. The fraction of sp³-hybridized carbons (Fsp3) is 0.143. The maximum Gasteiger partial charge on any atom is 0.269 e. The van der Waals surface area contributed by atoms with E-state index in [4.69, 9.17) is 0 Å². The smallest absolute Gasteiger partial charge is 0.269 e. The van der Waals surface area contributed by atoms with Gasteiger partial charge in [0, 0.05) is 5.56 Å². The molecule has 98 valence electrons. The number of nitrogens with one attached hydrogen (secondary N) is 1. The van der Waals surface area contributed by atoms with Crippen molar-refractivity contribution >= 4 is 21.6 Å². The number of thiophene rings is 1. The topological polar surface area (TPSA) is 66.0 Å². The molecule has 0 amide bonds. The molecule has 0 saturated carbocycles. The van der Waals surface area contributed by atoms with Crippen LogP contribution >= 0.6 is 11.3 Å². The molecule has 0 aliphatic heterocycles. The van der Waals surface area contributed by atoms with Gasteiger partial charge in [0.1, 0.15) is 16.3 Å². The molecule has 5 heteroatoms. The normalized spacial score (nSPS) is 10.0. The van der Waals surface area contributed by atoms with E-state index in [0.717, 1.165) is 0 Å². The van der Waals surface area contributed by atoms with E-state index < -0.39 is 0 Å². The number of H-pyrrole nitrogens is 1. The summed E-state index contributed by atoms with van der Waals surface area (Å²) in [6.45, 7) is 4.00. The molecule has 1 aromatic carbocycles. The van der Waals surface area contributed by atoms with Gasteiger partial charge in [-0.3, -0.25) is 4.79 Å². The zero-order valence-electron chi connectivity index (χ0n) is 10.7. The third-order valence-corrected chi connectivity index (χ3v) is 3.34. The van der Waals surface area contributed by atoms with E-state index >= 15 is 0 Å². The molecule has 19 heavy (non-hydrogen) atoms. The number of phenols is 1. The first-order valence-electron chi connectivity index (χ1n) is 6.01. The molecule has 0 atom stereocenters. The Morgan fingerprint density at radius 3 is 2.79 bits per heavy atom. The van der Waals surface area contributed by atoms with Crippen LogP contribution in [-0.4, -0.2) is 15.1 Å². The first-order valence-corrected chi connectivity index (χ1v) is 6.89. The van der Waals surface area contributed by atoms with Gasteiger partial charge in [-0.15, -0.1) is 11.3 Å². The highest BCUT2D eigenvalue weighted by molar-refractivity contribution is 7.17.